The zero-order chi connectivity index (χ0) is 13.5. The van der Waals surface area contributed by atoms with Gasteiger partial charge >= 0.3 is 0 Å². The van der Waals surface area contributed by atoms with Crippen LogP contribution in [0.2, 0.25) is 0 Å². The maximum absolute atomic E-state index is 5.10. The minimum atomic E-state index is 0.552. The van der Waals surface area contributed by atoms with Gasteiger partial charge in [0, 0.05) is 0 Å². The average Bonchev–Trinajstić information content (AvgIpc) is 2.49. The average molecular weight is 256 g/mol. The summed E-state index contributed by atoms with van der Waals surface area (Å²) in [5.74, 6) is 1.66. The van der Waals surface area contributed by atoms with E-state index in [1.54, 1.807) is 14.2 Å². The second-order valence-electron chi connectivity index (χ2n) is 3.95. The van der Waals surface area contributed by atoms with Gasteiger partial charge in [0.1, 0.15) is 11.5 Å². The van der Waals surface area contributed by atoms with Crippen molar-refractivity contribution in [1.29, 1.82) is 0 Å². The van der Waals surface area contributed by atoms with Crippen molar-refractivity contribution in [2.24, 2.45) is 10.2 Å². The van der Waals surface area contributed by atoms with Crippen LogP contribution >= 0.6 is 0 Å². The van der Waals surface area contributed by atoms with Crippen molar-refractivity contribution in [3.63, 3.8) is 0 Å². The molecule has 0 fully saturated rings. The van der Waals surface area contributed by atoms with Crippen LogP contribution in [-0.2, 0) is 6.54 Å². The van der Waals surface area contributed by atoms with Crippen molar-refractivity contribution in [3.8, 4) is 11.5 Å². The van der Waals surface area contributed by atoms with E-state index >= 15 is 0 Å². The Balaban J connectivity index is 1.94. The highest BCUT2D eigenvalue weighted by Crippen LogP contribution is 2.18. The standard InChI is InChI=1S/C15H16N2O2/c1-18-14-7-3-12(4-8-14)11-16-17-13-5-9-15(19-2)10-6-13/h3-10H,11H2,1-2H3. The van der Waals surface area contributed by atoms with E-state index < -0.39 is 0 Å². The highest BCUT2D eigenvalue weighted by molar-refractivity contribution is 5.40. The first-order chi connectivity index (χ1) is 9.31. The minimum absolute atomic E-state index is 0.552. The summed E-state index contributed by atoms with van der Waals surface area (Å²) in [6.45, 7) is 0.552. The maximum atomic E-state index is 5.10. The molecule has 2 aromatic rings. The lowest BCUT2D eigenvalue weighted by Gasteiger charge is -2.00. The third-order valence-corrected chi connectivity index (χ3v) is 2.67. The summed E-state index contributed by atoms with van der Waals surface area (Å²) in [6, 6.07) is 15.3. The largest absolute Gasteiger partial charge is 0.497 e. The van der Waals surface area contributed by atoms with E-state index in [2.05, 4.69) is 10.2 Å². The van der Waals surface area contributed by atoms with Crippen LogP contribution in [-0.4, -0.2) is 14.2 Å². The number of hydrogen-bond acceptors (Lipinski definition) is 4. The van der Waals surface area contributed by atoms with Gasteiger partial charge in [-0.1, -0.05) is 12.1 Å². The Kier molecular flexibility index (Phi) is 4.50. The summed E-state index contributed by atoms with van der Waals surface area (Å²) < 4.78 is 10.2. The van der Waals surface area contributed by atoms with Gasteiger partial charge in [-0.05, 0) is 42.0 Å². The number of hydrogen-bond donors (Lipinski definition) is 0. The van der Waals surface area contributed by atoms with Gasteiger partial charge in [-0.3, -0.25) is 0 Å². The summed E-state index contributed by atoms with van der Waals surface area (Å²) in [6.07, 6.45) is 0. The quantitative estimate of drug-likeness (QED) is 0.759. The molecule has 0 bridgehead atoms. The zero-order valence-electron chi connectivity index (χ0n) is 11.0. The van der Waals surface area contributed by atoms with Crippen molar-refractivity contribution in [2.75, 3.05) is 14.2 Å². The number of ether oxygens (including phenoxy) is 2. The molecule has 0 N–H and O–H groups in total. The lowest BCUT2D eigenvalue weighted by molar-refractivity contribution is 0.414. The highest BCUT2D eigenvalue weighted by Gasteiger charge is 1.94. The van der Waals surface area contributed by atoms with Gasteiger partial charge < -0.3 is 9.47 Å². The van der Waals surface area contributed by atoms with Crippen molar-refractivity contribution in [1.82, 2.24) is 0 Å². The molecule has 0 aliphatic heterocycles. The molecule has 0 amide bonds. The Morgan fingerprint density at radius 3 is 1.84 bits per heavy atom. The smallest absolute Gasteiger partial charge is 0.119 e. The van der Waals surface area contributed by atoms with Crippen LogP contribution in [0.5, 0.6) is 11.5 Å². The molecule has 2 aromatic carbocycles. The number of nitrogens with zero attached hydrogens (tertiary/aromatic N) is 2. The predicted octanol–water partition coefficient (Wildman–Crippen LogP) is 3.99. The molecule has 0 spiro atoms. The van der Waals surface area contributed by atoms with Crippen LogP contribution < -0.4 is 9.47 Å². The van der Waals surface area contributed by atoms with Crippen molar-refractivity contribution in [3.05, 3.63) is 54.1 Å². The number of rotatable bonds is 5. The van der Waals surface area contributed by atoms with Gasteiger partial charge in [0.2, 0.25) is 0 Å². The normalized spacial score (nSPS) is 10.6. The predicted molar refractivity (Wildman–Crippen MR) is 74.2 cm³/mol. The van der Waals surface area contributed by atoms with Crippen molar-refractivity contribution < 1.29 is 9.47 Å². The van der Waals surface area contributed by atoms with Crippen LogP contribution in [0.1, 0.15) is 5.56 Å². The van der Waals surface area contributed by atoms with E-state index in [9.17, 15) is 0 Å². The monoisotopic (exact) mass is 256 g/mol. The Hall–Kier alpha value is -2.36. The van der Waals surface area contributed by atoms with Gasteiger partial charge in [0.05, 0.1) is 26.5 Å². The molecule has 0 radical (unpaired) electrons. The molecular weight excluding hydrogens is 240 g/mol. The number of azo groups is 1. The van der Waals surface area contributed by atoms with Crippen molar-refractivity contribution in [2.45, 2.75) is 6.54 Å². The molecule has 4 nitrogen and oxygen atoms in total. The van der Waals surface area contributed by atoms with E-state index in [0.29, 0.717) is 6.54 Å². The zero-order valence-corrected chi connectivity index (χ0v) is 11.0. The van der Waals surface area contributed by atoms with Gasteiger partial charge in [-0.2, -0.15) is 10.2 Å². The van der Waals surface area contributed by atoms with Crippen molar-refractivity contribution >= 4 is 5.69 Å². The lowest BCUT2D eigenvalue weighted by Crippen LogP contribution is -1.84. The van der Waals surface area contributed by atoms with Crippen LogP contribution in [0.15, 0.2) is 58.8 Å². The first-order valence-electron chi connectivity index (χ1n) is 5.96. The van der Waals surface area contributed by atoms with Crippen LogP contribution in [0.25, 0.3) is 0 Å². The number of methoxy groups -OCH3 is 2. The summed E-state index contributed by atoms with van der Waals surface area (Å²) in [4.78, 5) is 0. The van der Waals surface area contributed by atoms with E-state index in [-0.39, 0.29) is 0 Å². The molecule has 0 aliphatic carbocycles. The molecule has 2 rings (SSSR count). The second kappa shape index (κ2) is 6.54. The maximum Gasteiger partial charge on any atom is 0.119 e. The Bertz CT molecular complexity index is 533. The van der Waals surface area contributed by atoms with Gasteiger partial charge in [0.15, 0.2) is 0 Å². The fourth-order valence-corrected chi connectivity index (χ4v) is 1.58. The SMILES string of the molecule is COc1ccc(CN=Nc2ccc(OC)cc2)cc1. The van der Waals surface area contributed by atoms with Crippen LogP contribution in [0, 0.1) is 0 Å². The molecule has 0 saturated heterocycles. The molecule has 0 heterocycles. The third-order valence-electron chi connectivity index (χ3n) is 2.67. The summed E-state index contributed by atoms with van der Waals surface area (Å²) in [7, 11) is 3.29. The minimum Gasteiger partial charge on any atom is -0.497 e. The first-order valence-corrected chi connectivity index (χ1v) is 5.96. The van der Waals surface area contributed by atoms with E-state index in [4.69, 9.17) is 9.47 Å². The summed E-state index contributed by atoms with van der Waals surface area (Å²) >= 11 is 0. The summed E-state index contributed by atoms with van der Waals surface area (Å²) in [5, 5.41) is 8.32. The fourth-order valence-electron chi connectivity index (χ4n) is 1.58. The molecular formula is C15H16N2O2. The second-order valence-corrected chi connectivity index (χ2v) is 3.95. The summed E-state index contributed by atoms with van der Waals surface area (Å²) in [5.41, 5.74) is 1.91. The van der Waals surface area contributed by atoms with Gasteiger partial charge in [-0.15, -0.1) is 0 Å². The van der Waals surface area contributed by atoms with E-state index in [1.165, 1.54) is 0 Å². The molecule has 4 heteroatoms. The first kappa shape index (κ1) is 13.1. The molecule has 0 aliphatic rings. The van der Waals surface area contributed by atoms with E-state index in [1.807, 2.05) is 48.5 Å². The van der Waals surface area contributed by atoms with E-state index in [0.717, 1.165) is 22.7 Å². The Morgan fingerprint density at radius 2 is 1.32 bits per heavy atom. The Morgan fingerprint density at radius 1 is 0.789 bits per heavy atom. The van der Waals surface area contributed by atoms with Gasteiger partial charge in [0.25, 0.3) is 0 Å². The van der Waals surface area contributed by atoms with Gasteiger partial charge in [-0.25, -0.2) is 0 Å². The molecule has 0 atom stereocenters. The topological polar surface area (TPSA) is 43.2 Å². The molecule has 0 saturated carbocycles. The fraction of sp³-hybridized carbons (Fsp3) is 0.200. The molecule has 98 valence electrons. The Labute approximate surface area is 112 Å². The van der Waals surface area contributed by atoms with Crippen LogP contribution in [0.3, 0.4) is 0 Å². The lowest BCUT2D eigenvalue weighted by atomic mass is 10.2. The number of benzene rings is 2. The molecule has 19 heavy (non-hydrogen) atoms. The molecule has 0 unspecified atom stereocenters. The third kappa shape index (κ3) is 3.81. The molecule has 0 aromatic heterocycles. The highest BCUT2D eigenvalue weighted by atomic mass is 16.5. The van der Waals surface area contributed by atoms with Crippen LogP contribution in [0.4, 0.5) is 5.69 Å².